The Bertz CT molecular complexity index is 952. The molecule has 0 aliphatic rings. The van der Waals surface area contributed by atoms with E-state index in [0.29, 0.717) is 28.5 Å². The van der Waals surface area contributed by atoms with Gasteiger partial charge in [-0.1, -0.05) is 60.1 Å². The summed E-state index contributed by atoms with van der Waals surface area (Å²) in [5.74, 6) is 0.344. The van der Waals surface area contributed by atoms with Gasteiger partial charge < -0.3 is 14.6 Å². The van der Waals surface area contributed by atoms with E-state index in [-0.39, 0.29) is 5.56 Å². The lowest BCUT2D eigenvalue weighted by Gasteiger charge is -2.18. The van der Waals surface area contributed by atoms with E-state index in [4.69, 9.17) is 21.1 Å². The topological polar surface area (TPSA) is 55.8 Å². The van der Waals surface area contributed by atoms with E-state index in [2.05, 4.69) is 0 Å². The number of ether oxygens (including phenoxy) is 2. The van der Waals surface area contributed by atoms with E-state index in [1.165, 1.54) is 14.2 Å². The highest BCUT2D eigenvalue weighted by Crippen LogP contribution is 2.38. The first-order valence-corrected chi connectivity index (χ1v) is 9.18. The third-order valence-corrected chi connectivity index (χ3v) is 4.79. The fraction of sp³-hybridized carbons (Fsp3) is 0.174. The summed E-state index contributed by atoms with van der Waals surface area (Å²) in [6, 6.07) is 19.8. The maximum Gasteiger partial charge on any atom is 0.199 e. The summed E-state index contributed by atoms with van der Waals surface area (Å²) in [4.78, 5) is 12.9. The molecule has 0 fully saturated rings. The van der Waals surface area contributed by atoms with Crippen molar-refractivity contribution in [3.05, 3.63) is 94.0 Å². The number of halogens is 1. The molecule has 5 heteroatoms. The lowest BCUT2D eigenvalue weighted by atomic mass is 9.95. The Morgan fingerprint density at radius 1 is 0.929 bits per heavy atom. The minimum atomic E-state index is -1.28. The molecule has 0 radical (unpaired) electrons. The van der Waals surface area contributed by atoms with Crippen molar-refractivity contribution in [2.24, 2.45) is 0 Å². The maximum atomic E-state index is 12.9. The summed E-state index contributed by atoms with van der Waals surface area (Å²) in [6.07, 6.45) is -0.686. The van der Waals surface area contributed by atoms with Crippen LogP contribution in [-0.2, 0) is 6.42 Å². The normalized spacial score (nSPS) is 11.7. The summed E-state index contributed by atoms with van der Waals surface area (Å²) in [7, 11) is 3.01. The molecule has 3 aromatic rings. The van der Waals surface area contributed by atoms with Gasteiger partial charge in [0.15, 0.2) is 17.3 Å². The zero-order valence-corrected chi connectivity index (χ0v) is 16.4. The monoisotopic (exact) mass is 396 g/mol. The lowest BCUT2D eigenvalue weighted by Crippen LogP contribution is -2.14. The molecule has 28 heavy (non-hydrogen) atoms. The van der Waals surface area contributed by atoms with Crippen LogP contribution in [0.3, 0.4) is 0 Å². The molecule has 0 spiro atoms. The highest BCUT2D eigenvalue weighted by Gasteiger charge is 2.26. The largest absolute Gasteiger partial charge is 0.493 e. The fourth-order valence-corrected chi connectivity index (χ4v) is 3.25. The van der Waals surface area contributed by atoms with Crippen molar-refractivity contribution in [3.63, 3.8) is 0 Å². The molecule has 3 aromatic carbocycles. The first-order chi connectivity index (χ1) is 13.5. The molecule has 0 heterocycles. The Morgan fingerprint density at radius 3 is 2.18 bits per heavy atom. The summed E-state index contributed by atoms with van der Waals surface area (Å²) in [5, 5.41) is 11.2. The molecular weight excluding hydrogens is 376 g/mol. The second-order valence-electron chi connectivity index (χ2n) is 6.32. The SMILES string of the molecule is COc1c(Cc2ccc(Cl)cc2)ccc(C(=O)C(O)c2ccccc2)c1OC. The van der Waals surface area contributed by atoms with Crippen molar-refractivity contribution < 1.29 is 19.4 Å². The lowest BCUT2D eigenvalue weighted by molar-refractivity contribution is 0.0743. The number of benzene rings is 3. The van der Waals surface area contributed by atoms with E-state index in [9.17, 15) is 9.90 Å². The standard InChI is InChI=1S/C23H21ClO4/c1-27-22-17(14-15-8-11-18(24)12-9-15)10-13-19(23(22)28-2)21(26)20(25)16-6-4-3-5-7-16/h3-13,20,25H,14H2,1-2H3. The van der Waals surface area contributed by atoms with Gasteiger partial charge in [0.1, 0.15) is 6.10 Å². The number of aliphatic hydroxyl groups is 1. The Balaban J connectivity index is 1.97. The van der Waals surface area contributed by atoms with Crippen LogP contribution in [0.2, 0.25) is 5.02 Å². The van der Waals surface area contributed by atoms with Crippen LogP contribution in [0.25, 0.3) is 0 Å². The van der Waals surface area contributed by atoms with Crippen molar-refractivity contribution in [2.45, 2.75) is 12.5 Å². The molecule has 144 valence electrons. The molecule has 0 aliphatic heterocycles. The average molecular weight is 397 g/mol. The average Bonchev–Trinajstić information content (AvgIpc) is 2.74. The van der Waals surface area contributed by atoms with Crippen molar-refractivity contribution >= 4 is 17.4 Å². The van der Waals surface area contributed by atoms with Crippen molar-refractivity contribution in [1.82, 2.24) is 0 Å². The number of methoxy groups -OCH3 is 2. The molecule has 1 unspecified atom stereocenters. The van der Waals surface area contributed by atoms with Gasteiger partial charge in [-0.15, -0.1) is 0 Å². The van der Waals surface area contributed by atoms with Gasteiger partial charge in [0.05, 0.1) is 19.8 Å². The van der Waals surface area contributed by atoms with Crippen LogP contribution in [0, 0.1) is 0 Å². The summed E-state index contributed by atoms with van der Waals surface area (Å²) in [6.45, 7) is 0. The van der Waals surface area contributed by atoms with E-state index >= 15 is 0 Å². The van der Waals surface area contributed by atoms with Crippen molar-refractivity contribution in [1.29, 1.82) is 0 Å². The Labute approximate surface area is 169 Å². The fourth-order valence-electron chi connectivity index (χ4n) is 3.12. The van der Waals surface area contributed by atoms with Gasteiger partial charge in [0, 0.05) is 17.0 Å². The maximum absolute atomic E-state index is 12.9. The van der Waals surface area contributed by atoms with Crippen LogP contribution in [0.5, 0.6) is 11.5 Å². The molecule has 1 atom stereocenters. The van der Waals surface area contributed by atoms with Gasteiger partial charge in [-0.05, 0) is 29.3 Å². The number of hydrogen-bond acceptors (Lipinski definition) is 4. The summed E-state index contributed by atoms with van der Waals surface area (Å²) < 4.78 is 11.0. The second-order valence-corrected chi connectivity index (χ2v) is 6.76. The summed E-state index contributed by atoms with van der Waals surface area (Å²) in [5.41, 5.74) is 2.72. The molecule has 0 saturated carbocycles. The van der Waals surface area contributed by atoms with Gasteiger partial charge in [-0.3, -0.25) is 4.79 Å². The van der Waals surface area contributed by atoms with E-state index in [1.54, 1.807) is 30.3 Å². The van der Waals surface area contributed by atoms with Crippen LogP contribution in [0.4, 0.5) is 0 Å². The van der Waals surface area contributed by atoms with Gasteiger partial charge in [0.25, 0.3) is 0 Å². The number of carbonyl (C=O) groups excluding carboxylic acids is 1. The highest BCUT2D eigenvalue weighted by atomic mass is 35.5. The van der Waals surface area contributed by atoms with Crippen LogP contribution in [0.1, 0.15) is 33.2 Å². The van der Waals surface area contributed by atoms with Crippen LogP contribution in [-0.4, -0.2) is 25.1 Å². The van der Waals surface area contributed by atoms with E-state index in [1.807, 2.05) is 36.4 Å². The zero-order valence-electron chi connectivity index (χ0n) is 15.7. The number of carbonyl (C=O) groups is 1. The van der Waals surface area contributed by atoms with Crippen LogP contribution >= 0.6 is 11.6 Å². The van der Waals surface area contributed by atoms with Gasteiger partial charge in [0.2, 0.25) is 0 Å². The number of rotatable bonds is 7. The molecule has 4 nitrogen and oxygen atoms in total. The molecule has 1 N–H and O–H groups in total. The number of Topliss-reactive ketones (excluding diaryl/α,β-unsaturated/α-hetero) is 1. The van der Waals surface area contributed by atoms with Crippen LogP contribution in [0.15, 0.2) is 66.7 Å². The van der Waals surface area contributed by atoms with Gasteiger partial charge in [-0.25, -0.2) is 0 Å². The first kappa shape index (κ1) is 19.9. The Kier molecular flexibility index (Phi) is 6.34. The smallest absolute Gasteiger partial charge is 0.199 e. The Morgan fingerprint density at radius 2 is 1.57 bits per heavy atom. The third-order valence-electron chi connectivity index (χ3n) is 4.54. The highest BCUT2D eigenvalue weighted by molar-refractivity contribution is 6.30. The quantitative estimate of drug-likeness (QED) is 0.579. The molecule has 0 amide bonds. The molecule has 0 aliphatic carbocycles. The molecule has 0 bridgehead atoms. The second kappa shape index (κ2) is 8.91. The Hall–Kier alpha value is -2.82. The third kappa shape index (κ3) is 4.19. The van der Waals surface area contributed by atoms with Crippen molar-refractivity contribution in [2.75, 3.05) is 14.2 Å². The first-order valence-electron chi connectivity index (χ1n) is 8.80. The zero-order chi connectivity index (χ0) is 20.1. The minimum absolute atomic E-state index is 0.274. The number of hydrogen-bond donors (Lipinski definition) is 1. The minimum Gasteiger partial charge on any atom is -0.493 e. The molecule has 0 saturated heterocycles. The molecule has 3 rings (SSSR count). The summed E-state index contributed by atoms with van der Waals surface area (Å²) >= 11 is 5.95. The predicted molar refractivity (Wildman–Crippen MR) is 110 cm³/mol. The van der Waals surface area contributed by atoms with Crippen molar-refractivity contribution in [3.8, 4) is 11.5 Å². The molecule has 0 aromatic heterocycles. The van der Waals surface area contributed by atoms with Gasteiger partial charge >= 0.3 is 0 Å². The number of ketones is 1. The molecular formula is C23H21ClO4. The van der Waals surface area contributed by atoms with Gasteiger partial charge in [-0.2, -0.15) is 0 Å². The predicted octanol–water partition coefficient (Wildman–Crippen LogP) is 4.86. The van der Waals surface area contributed by atoms with E-state index < -0.39 is 11.9 Å². The van der Waals surface area contributed by atoms with Crippen LogP contribution < -0.4 is 9.47 Å². The van der Waals surface area contributed by atoms with E-state index in [0.717, 1.165) is 11.1 Å². The number of aliphatic hydroxyl groups excluding tert-OH is 1.